The Bertz CT molecular complexity index is 489. The highest BCUT2D eigenvalue weighted by Gasteiger charge is 2.08. The topological polar surface area (TPSA) is 92.5 Å². The van der Waals surface area contributed by atoms with E-state index in [4.69, 9.17) is 11.5 Å². The molecule has 0 saturated heterocycles. The third kappa shape index (κ3) is 1.72. The van der Waals surface area contributed by atoms with E-state index >= 15 is 0 Å². The number of hydrogen-bond acceptors (Lipinski definition) is 4. The van der Waals surface area contributed by atoms with Crippen molar-refractivity contribution in [2.75, 3.05) is 11.5 Å². The van der Waals surface area contributed by atoms with E-state index in [1.165, 1.54) is 18.2 Å². The molecular formula is C12H12N2O2. The van der Waals surface area contributed by atoms with Crippen LogP contribution in [0.5, 0.6) is 11.5 Å². The van der Waals surface area contributed by atoms with Crippen LogP contribution in [0.4, 0.5) is 11.4 Å². The van der Waals surface area contributed by atoms with Gasteiger partial charge in [0.2, 0.25) is 0 Å². The molecule has 0 unspecified atom stereocenters. The van der Waals surface area contributed by atoms with Crippen LogP contribution in [-0.2, 0) is 0 Å². The van der Waals surface area contributed by atoms with Gasteiger partial charge in [0.15, 0.2) is 0 Å². The number of hydrogen-bond donors (Lipinski definition) is 4. The highest BCUT2D eigenvalue weighted by atomic mass is 16.3. The normalized spacial score (nSPS) is 10.2. The number of phenolic OH excluding ortho intramolecular Hbond substituents is 2. The molecule has 0 aromatic heterocycles. The summed E-state index contributed by atoms with van der Waals surface area (Å²) in [6, 6.07) is 9.26. The molecule has 0 spiro atoms. The zero-order valence-electron chi connectivity index (χ0n) is 8.51. The van der Waals surface area contributed by atoms with Crippen LogP contribution in [-0.4, -0.2) is 10.2 Å². The summed E-state index contributed by atoms with van der Waals surface area (Å²) in [7, 11) is 0. The lowest BCUT2D eigenvalue weighted by molar-refractivity contribution is 0.474. The minimum atomic E-state index is 0.0755. The Morgan fingerprint density at radius 2 is 1.56 bits per heavy atom. The zero-order chi connectivity index (χ0) is 11.7. The average molecular weight is 216 g/mol. The molecule has 82 valence electrons. The fourth-order valence-electron chi connectivity index (χ4n) is 1.55. The standard InChI is InChI=1S/C12H12N2O2/c13-7-1-4-12(16)10(5-7)9-6-8(15)2-3-11(9)14/h1-6,15-16H,13-14H2. The smallest absolute Gasteiger partial charge is 0.123 e. The molecule has 2 aromatic carbocycles. The molecule has 0 aliphatic rings. The predicted octanol–water partition coefficient (Wildman–Crippen LogP) is 1.93. The van der Waals surface area contributed by atoms with Gasteiger partial charge in [0.1, 0.15) is 11.5 Å². The highest BCUT2D eigenvalue weighted by molar-refractivity contribution is 5.82. The summed E-state index contributed by atoms with van der Waals surface area (Å²) in [4.78, 5) is 0. The van der Waals surface area contributed by atoms with E-state index in [1.807, 2.05) is 0 Å². The molecule has 0 fully saturated rings. The van der Waals surface area contributed by atoms with Gasteiger partial charge in [-0.25, -0.2) is 0 Å². The molecule has 0 bridgehead atoms. The quantitative estimate of drug-likeness (QED) is 0.433. The van der Waals surface area contributed by atoms with Crippen LogP contribution in [0.2, 0.25) is 0 Å². The first-order valence-corrected chi connectivity index (χ1v) is 4.75. The number of rotatable bonds is 1. The van der Waals surface area contributed by atoms with Crippen LogP contribution >= 0.6 is 0 Å². The van der Waals surface area contributed by atoms with Gasteiger partial charge >= 0.3 is 0 Å². The second kappa shape index (κ2) is 3.66. The second-order valence-corrected chi connectivity index (χ2v) is 3.55. The van der Waals surface area contributed by atoms with Gasteiger partial charge in [0.05, 0.1) is 0 Å². The number of anilines is 2. The van der Waals surface area contributed by atoms with Crippen LogP contribution in [0.3, 0.4) is 0 Å². The summed E-state index contributed by atoms with van der Waals surface area (Å²) >= 11 is 0. The van der Waals surface area contributed by atoms with Gasteiger partial charge in [-0.2, -0.15) is 0 Å². The first-order chi connectivity index (χ1) is 7.58. The van der Waals surface area contributed by atoms with Gasteiger partial charge < -0.3 is 21.7 Å². The van der Waals surface area contributed by atoms with Gasteiger partial charge in [-0.1, -0.05) is 0 Å². The monoisotopic (exact) mass is 216 g/mol. The van der Waals surface area contributed by atoms with Crippen molar-refractivity contribution in [3.8, 4) is 22.6 Å². The Hall–Kier alpha value is -2.36. The summed E-state index contributed by atoms with van der Waals surface area (Å²) < 4.78 is 0. The molecule has 0 amide bonds. The molecule has 2 aromatic rings. The predicted molar refractivity (Wildman–Crippen MR) is 64.0 cm³/mol. The summed E-state index contributed by atoms with van der Waals surface area (Å²) in [5.74, 6) is 0.164. The van der Waals surface area contributed by atoms with E-state index in [9.17, 15) is 10.2 Å². The van der Waals surface area contributed by atoms with Crippen molar-refractivity contribution < 1.29 is 10.2 Å². The van der Waals surface area contributed by atoms with E-state index in [0.29, 0.717) is 22.5 Å². The molecule has 0 radical (unpaired) electrons. The average Bonchev–Trinajstić information content (AvgIpc) is 2.25. The van der Waals surface area contributed by atoms with Crippen molar-refractivity contribution in [2.45, 2.75) is 0 Å². The first kappa shape index (κ1) is 10.2. The van der Waals surface area contributed by atoms with E-state index < -0.39 is 0 Å². The Kier molecular flexibility index (Phi) is 2.32. The molecular weight excluding hydrogens is 204 g/mol. The minimum absolute atomic E-state index is 0.0755. The number of aromatic hydroxyl groups is 2. The lowest BCUT2D eigenvalue weighted by Crippen LogP contribution is -1.91. The molecule has 0 heterocycles. The molecule has 16 heavy (non-hydrogen) atoms. The van der Waals surface area contributed by atoms with Gasteiger partial charge in [0, 0.05) is 22.5 Å². The first-order valence-electron chi connectivity index (χ1n) is 4.75. The maximum absolute atomic E-state index is 9.71. The summed E-state index contributed by atoms with van der Waals surface area (Å²) in [5.41, 5.74) is 13.5. The van der Waals surface area contributed by atoms with E-state index in [2.05, 4.69) is 0 Å². The van der Waals surface area contributed by atoms with Crippen molar-refractivity contribution in [2.24, 2.45) is 0 Å². The van der Waals surface area contributed by atoms with Gasteiger partial charge in [0.25, 0.3) is 0 Å². The minimum Gasteiger partial charge on any atom is -0.508 e. The maximum Gasteiger partial charge on any atom is 0.123 e. The third-order valence-corrected chi connectivity index (χ3v) is 2.35. The van der Waals surface area contributed by atoms with Gasteiger partial charge in [-0.05, 0) is 36.4 Å². The Balaban J connectivity index is 2.66. The lowest BCUT2D eigenvalue weighted by Gasteiger charge is -2.09. The Labute approximate surface area is 92.8 Å². The number of nitrogens with two attached hydrogens (primary N) is 2. The summed E-state index contributed by atoms with van der Waals surface area (Å²) in [5, 5.41) is 19.1. The SMILES string of the molecule is Nc1ccc(O)c(-c2cc(O)ccc2N)c1. The summed E-state index contributed by atoms with van der Waals surface area (Å²) in [6.45, 7) is 0. The Morgan fingerprint density at radius 1 is 0.812 bits per heavy atom. The molecule has 0 saturated carbocycles. The van der Waals surface area contributed by atoms with Crippen molar-refractivity contribution >= 4 is 11.4 Å². The fraction of sp³-hybridized carbons (Fsp3) is 0. The van der Waals surface area contributed by atoms with Crippen LogP contribution in [0.1, 0.15) is 0 Å². The van der Waals surface area contributed by atoms with Gasteiger partial charge in [-0.3, -0.25) is 0 Å². The molecule has 0 atom stereocenters. The van der Waals surface area contributed by atoms with Crippen LogP contribution in [0.25, 0.3) is 11.1 Å². The van der Waals surface area contributed by atoms with Crippen LogP contribution in [0, 0.1) is 0 Å². The molecule has 6 N–H and O–H groups in total. The lowest BCUT2D eigenvalue weighted by atomic mass is 10.0. The second-order valence-electron chi connectivity index (χ2n) is 3.55. The van der Waals surface area contributed by atoms with E-state index in [-0.39, 0.29) is 11.5 Å². The van der Waals surface area contributed by atoms with Crippen molar-refractivity contribution in [3.63, 3.8) is 0 Å². The number of nitrogen functional groups attached to an aromatic ring is 2. The van der Waals surface area contributed by atoms with Crippen molar-refractivity contribution in [1.82, 2.24) is 0 Å². The fourth-order valence-corrected chi connectivity index (χ4v) is 1.55. The largest absolute Gasteiger partial charge is 0.508 e. The number of benzene rings is 2. The third-order valence-electron chi connectivity index (χ3n) is 2.35. The number of phenols is 2. The Morgan fingerprint density at radius 3 is 2.31 bits per heavy atom. The molecule has 4 heteroatoms. The molecule has 0 aliphatic heterocycles. The molecule has 0 aliphatic carbocycles. The van der Waals surface area contributed by atoms with E-state index in [1.54, 1.807) is 18.2 Å². The highest BCUT2D eigenvalue weighted by Crippen LogP contribution is 2.36. The molecule has 4 nitrogen and oxygen atoms in total. The van der Waals surface area contributed by atoms with Crippen LogP contribution in [0.15, 0.2) is 36.4 Å². The molecule has 2 rings (SSSR count). The van der Waals surface area contributed by atoms with Gasteiger partial charge in [-0.15, -0.1) is 0 Å². The summed E-state index contributed by atoms with van der Waals surface area (Å²) in [6.07, 6.45) is 0. The van der Waals surface area contributed by atoms with Crippen molar-refractivity contribution in [1.29, 1.82) is 0 Å². The van der Waals surface area contributed by atoms with E-state index in [0.717, 1.165) is 0 Å². The van der Waals surface area contributed by atoms with Crippen LogP contribution < -0.4 is 11.5 Å². The zero-order valence-corrected chi connectivity index (χ0v) is 8.51. The van der Waals surface area contributed by atoms with Crippen molar-refractivity contribution in [3.05, 3.63) is 36.4 Å². The maximum atomic E-state index is 9.71.